The summed E-state index contributed by atoms with van der Waals surface area (Å²) >= 11 is 0. The van der Waals surface area contributed by atoms with Crippen molar-refractivity contribution in [1.29, 1.82) is 0 Å². The van der Waals surface area contributed by atoms with Crippen LogP contribution in [0.1, 0.15) is 30.3 Å². The van der Waals surface area contributed by atoms with Gasteiger partial charge in [0, 0.05) is 30.4 Å². The van der Waals surface area contributed by atoms with Crippen LogP contribution in [0.25, 0.3) is 11.3 Å². The number of ether oxygens (including phenoxy) is 1. The largest absolute Gasteiger partial charge is 0.493 e. The molecule has 1 amide bonds. The van der Waals surface area contributed by atoms with Crippen molar-refractivity contribution < 1.29 is 18.3 Å². The topological polar surface area (TPSA) is 64.4 Å². The number of rotatable bonds is 5. The third kappa shape index (κ3) is 4.00. The number of fused-ring (bicyclic) bond motifs is 1. The molecule has 1 aliphatic rings. The lowest BCUT2D eigenvalue weighted by atomic mass is 10.0. The standard InChI is InChI=1S/C21H19FN2O3/c22-15-7-5-14(6-8-15)19-13-23-21(27-19)10-9-20(25)24-17-11-12-26-18-4-2-1-3-16(17)18/h1-8,13,17H,9-12H2,(H,24,25). The molecule has 1 aliphatic heterocycles. The molecule has 0 radical (unpaired) electrons. The zero-order valence-electron chi connectivity index (χ0n) is 14.7. The second-order valence-corrected chi connectivity index (χ2v) is 6.42. The third-order valence-corrected chi connectivity index (χ3v) is 4.54. The second-order valence-electron chi connectivity index (χ2n) is 6.42. The average Bonchev–Trinajstić information content (AvgIpc) is 3.16. The lowest BCUT2D eigenvalue weighted by Crippen LogP contribution is -2.32. The van der Waals surface area contributed by atoms with E-state index in [1.807, 2.05) is 24.3 Å². The first-order valence-corrected chi connectivity index (χ1v) is 8.91. The molecule has 5 nitrogen and oxygen atoms in total. The first-order chi connectivity index (χ1) is 13.2. The lowest BCUT2D eigenvalue weighted by molar-refractivity contribution is -0.122. The Balaban J connectivity index is 1.34. The number of carbonyl (C=O) groups excluding carboxylic acids is 1. The van der Waals surface area contributed by atoms with Gasteiger partial charge in [0.25, 0.3) is 0 Å². The number of aromatic nitrogens is 1. The molecule has 1 atom stereocenters. The van der Waals surface area contributed by atoms with Crippen LogP contribution in [0, 0.1) is 5.82 Å². The van der Waals surface area contributed by atoms with E-state index in [1.54, 1.807) is 18.3 Å². The van der Waals surface area contributed by atoms with Crippen molar-refractivity contribution in [2.75, 3.05) is 6.61 Å². The Bertz CT molecular complexity index is 937. The van der Waals surface area contributed by atoms with Crippen molar-refractivity contribution in [3.63, 3.8) is 0 Å². The number of benzene rings is 2. The summed E-state index contributed by atoms with van der Waals surface area (Å²) in [6.45, 7) is 0.586. The van der Waals surface area contributed by atoms with Crippen molar-refractivity contribution in [3.05, 3.63) is 72.0 Å². The molecule has 1 N–H and O–H groups in total. The van der Waals surface area contributed by atoms with Crippen LogP contribution < -0.4 is 10.1 Å². The van der Waals surface area contributed by atoms with E-state index in [1.165, 1.54) is 12.1 Å². The number of aryl methyl sites for hydroxylation is 1. The zero-order chi connectivity index (χ0) is 18.6. The molecule has 6 heteroatoms. The van der Waals surface area contributed by atoms with Gasteiger partial charge in [-0.3, -0.25) is 4.79 Å². The van der Waals surface area contributed by atoms with Crippen LogP contribution in [0.3, 0.4) is 0 Å². The smallest absolute Gasteiger partial charge is 0.220 e. The van der Waals surface area contributed by atoms with Gasteiger partial charge in [0.1, 0.15) is 11.6 Å². The average molecular weight is 366 g/mol. The maximum atomic E-state index is 13.0. The van der Waals surface area contributed by atoms with Gasteiger partial charge in [0.05, 0.1) is 18.8 Å². The molecular weight excluding hydrogens is 347 g/mol. The van der Waals surface area contributed by atoms with Gasteiger partial charge in [-0.1, -0.05) is 18.2 Å². The maximum absolute atomic E-state index is 13.0. The Hall–Kier alpha value is -3.15. The summed E-state index contributed by atoms with van der Waals surface area (Å²) in [6, 6.07) is 13.7. The first-order valence-electron chi connectivity index (χ1n) is 8.91. The molecule has 0 saturated carbocycles. The van der Waals surface area contributed by atoms with Gasteiger partial charge < -0.3 is 14.5 Å². The molecule has 0 spiro atoms. The molecule has 1 unspecified atom stereocenters. The van der Waals surface area contributed by atoms with Crippen molar-refractivity contribution in [1.82, 2.24) is 10.3 Å². The molecule has 1 aromatic heterocycles. The van der Waals surface area contributed by atoms with Gasteiger partial charge in [-0.25, -0.2) is 9.37 Å². The van der Waals surface area contributed by atoms with Gasteiger partial charge in [0.15, 0.2) is 11.7 Å². The Morgan fingerprint density at radius 3 is 2.85 bits per heavy atom. The summed E-state index contributed by atoms with van der Waals surface area (Å²) in [5, 5.41) is 3.06. The molecule has 27 heavy (non-hydrogen) atoms. The van der Waals surface area contributed by atoms with Crippen LogP contribution in [0.15, 0.2) is 59.1 Å². The van der Waals surface area contributed by atoms with E-state index in [2.05, 4.69) is 10.3 Å². The van der Waals surface area contributed by atoms with Gasteiger partial charge in [-0.15, -0.1) is 0 Å². The van der Waals surface area contributed by atoms with Gasteiger partial charge in [0.2, 0.25) is 5.91 Å². The number of hydrogen-bond acceptors (Lipinski definition) is 4. The molecular formula is C21H19FN2O3. The number of para-hydroxylation sites is 1. The number of nitrogens with zero attached hydrogens (tertiary/aromatic N) is 1. The van der Waals surface area contributed by atoms with E-state index in [0.29, 0.717) is 24.7 Å². The van der Waals surface area contributed by atoms with E-state index in [-0.39, 0.29) is 24.2 Å². The van der Waals surface area contributed by atoms with Crippen LogP contribution >= 0.6 is 0 Å². The monoisotopic (exact) mass is 366 g/mol. The minimum atomic E-state index is -0.301. The fraction of sp³-hybridized carbons (Fsp3) is 0.238. The number of hydrogen-bond donors (Lipinski definition) is 1. The number of oxazole rings is 1. The highest BCUT2D eigenvalue weighted by atomic mass is 19.1. The van der Waals surface area contributed by atoms with Crippen molar-refractivity contribution in [3.8, 4) is 17.1 Å². The summed E-state index contributed by atoms with van der Waals surface area (Å²) in [5.41, 5.74) is 1.75. The van der Waals surface area contributed by atoms with Crippen molar-refractivity contribution in [2.24, 2.45) is 0 Å². The molecule has 138 valence electrons. The molecule has 0 fully saturated rings. The summed E-state index contributed by atoms with van der Waals surface area (Å²) in [5.74, 6) is 1.51. The summed E-state index contributed by atoms with van der Waals surface area (Å²) in [6.07, 6.45) is 3.02. The number of nitrogens with one attached hydrogen (secondary N) is 1. The van der Waals surface area contributed by atoms with Crippen molar-refractivity contribution in [2.45, 2.75) is 25.3 Å². The predicted octanol–water partition coefficient (Wildman–Crippen LogP) is 4.05. The second kappa shape index (κ2) is 7.61. The molecule has 0 bridgehead atoms. The summed E-state index contributed by atoms with van der Waals surface area (Å²) in [4.78, 5) is 16.6. The fourth-order valence-corrected chi connectivity index (χ4v) is 3.15. The third-order valence-electron chi connectivity index (χ3n) is 4.54. The summed E-state index contributed by atoms with van der Waals surface area (Å²) < 4.78 is 24.3. The minimum absolute atomic E-state index is 0.0400. The number of amides is 1. The molecule has 3 aromatic rings. The normalized spacial score (nSPS) is 15.7. The Morgan fingerprint density at radius 2 is 2.00 bits per heavy atom. The van der Waals surface area contributed by atoms with Gasteiger partial charge >= 0.3 is 0 Å². The minimum Gasteiger partial charge on any atom is -0.493 e. The van der Waals surface area contributed by atoms with E-state index >= 15 is 0 Å². The summed E-state index contributed by atoms with van der Waals surface area (Å²) in [7, 11) is 0. The Morgan fingerprint density at radius 1 is 1.19 bits per heavy atom. The number of carbonyl (C=O) groups is 1. The van der Waals surface area contributed by atoms with Crippen LogP contribution in [0.4, 0.5) is 4.39 Å². The molecule has 4 rings (SSSR count). The van der Waals surface area contributed by atoms with Gasteiger partial charge in [-0.2, -0.15) is 0 Å². The van der Waals surface area contributed by atoms with E-state index in [0.717, 1.165) is 23.3 Å². The quantitative estimate of drug-likeness (QED) is 0.740. The predicted molar refractivity (Wildman–Crippen MR) is 97.7 cm³/mol. The van der Waals surface area contributed by atoms with E-state index < -0.39 is 0 Å². The van der Waals surface area contributed by atoms with Crippen LogP contribution in [-0.2, 0) is 11.2 Å². The van der Waals surface area contributed by atoms with Crippen LogP contribution in [0.5, 0.6) is 5.75 Å². The Labute approximate surface area is 156 Å². The Kier molecular flexibility index (Phi) is 4.87. The zero-order valence-corrected chi connectivity index (χ0v) is 14.7. The highest BCUT2D eigenvalue weighted by Crippen LogP contribution is 2.31. The molecule has 2 heterocycles. The van der Waals surface area contributed by atoms with Crippen LogP contribution in [0.2, 0.25) is 0 Å². The van der Waals surface area contributed by atoms with Crippen LogP contribution in [-0.4, -0.2) is 17.5 Å². The van der Waals surface area contributed by atoms with Gasteiger partial charge in [-0.05, 0) is 30.3 Å². The molecule has 2 aromatic carbocycles. The van der Waals surface area contributed by atoms with E-state index in [9.17, 15) is 9.18 Å². The fourth-order valence-electron chi connectivity index (χ4n) is 3.15. The maximum Gasteiger partial charge on any atom is 0.220 e. The molecule has 0 aliphatic carbocycles. The van der Waals surface area contributed by atoms with Crippen molar-refractivity contribution >= 4 is 5.91 Å². The highest BCUT2D eigenvalue weighted by Gasteiger charge is 2.22. The molecule has 0 saturated heterocycles. The number of halogens is 1. The lowest BCUT2D eigenvalue weighted by Gasteiger charge is -2.26. The SMILES string of the molecule is O=C(CCc1ncc(-c2ccc(F)cc2)o1)NC1CCOc2ccccc21. The highest BCUT2D eigenvalue weighted by molar-refractivity contribution is 5.76. The first kappa shape index (κ1) is 17.3. The van der Waals surface area contributed by atoms with E-state index in [4.69, 9.17) is 9.15 Å².